The molecular formula is C16H14N2OS. The van der Waals surface area contributed by atoms with E-state index in [4.69, 9.17) is 4.42 Å². The summed E-state index contributed by atoms with van der Waals surface area (Å²) < 4.78 is 5.83. The highest BCUT2D eigenvalue weighted by Gasteiger charge is 2.18. The Balaban J connectivity index is 1.66. The lowest BCUT2D eigenvalue weighted by Gasteiger charge is -2.29. The van der Waals surface area contributed by atoms with Crippen molar-refractivity contribution in [2.75, 3.05) is 17.2 Å². The minimum atomic E-state index is 0.728. The molecule has 0 atom stereocenters. The van der Waals surface area contributed by atoms with Crippen molar-refractivity contribution in [2.45, 2.75) is 11.4 Å². The van der Waals surface area contributed by atoms with E-state index in [1.807, 2.05) is 36.0 Å². The highest BCUT2D eigenvalue weighted by Crippen LogP contribution is 2.35. The Morgan fingerprint density at radius 2 is 1.95 bits per heavy atom. The minimum Gasteiger partial charge on any atom is -0.439 e. The van der Waals surface area contributed by atoms with Crippen LogP contribution in [0.1, 0.15) is 5.89 Å². The number of nitrogens with zero attached hydrogens (tertiary/aromatic N) is 2. The number of para-hydroxylation sites is 3. The monoisotopic (exact) mass is 282 g/mol. The van der Waals surface area contributed by atoms with Gasteiger partial charge in [0.15, 0.2) is 5.58 Å². The molecule has 0 bridgehead atoms. The summed E-state index contributed by atoms with van der Waals surface area (Å²) in [6, 6.07) is 16.4. The molecule has 1 aliphatic rings. The Hall–Kier alpha value is -1.94. The fourth-order valence-electron chi connectivity index (χ4n) is 2.54. The van der Waals surface area contributed by atoms with Crippen LogP contribution in [-0.4, -0.2) is 17.3 Å². The van der Waals surface area contributed by atoms with Gasteiger partial charge >= 0.3 is 0 Å². The zero-order valence-corrected chi connectivity index (χ0v) is 11.8. The van der Waals surface area contributed by atoms with E-state index in [1.165, 1.54) is 10.6 Å². The van der Waals surface area contributed by atoms with E-state index in [0.29, 0.717) is 0 Å². The fraction of sp³-hybridized carbons (Fsp3) is 0.188. The molecular weight excluding hydrogens is 268 g/mol. The van der Waals surface area contributed by atoms with Crippen molar-refractivity contribution in [3.63, 3.8) is 0 Å². The van der Waals surface area contributed by atoms with Crippen molar-refractivity contribution in [3.05, 3.63) is 54.4 Å². The average molecular weight is 282 g/mol. The summed E-state index contributed by atoms with van der Waals surface area (Å²) in [4.78, 5) is 8.25. The van der Waals surface area contributed by atoms with Crippen LogP contribution in [0, 0.1) is 0 Å². The first-order chi connectivity index (χ1) is 9.90. The Bertz CT molecular complexity index is 720. The lowest BCUT2D eigenvalue weighted by Crippen LogP contribution is -2.28. The summed E-state index contributed by atoms with van der Waals surface area (Å²) in [5, 5.41) is 0. The Morgan fingerprint density at radius 3 is 2.90 bits per heavy atom. The molecule has 0 saturated carbocycles. The zero-order chi connectivity index (χ0) is 13.4. The lowest BCUT2D eigenvalue weighted by molar-refractivity contribution is 0.521. The van der Waals surface area contributed by atoms with Crippen LogP contribution in [0.5, 0.6) is 0 Å². The van der Waals surface area contributed by atoms with Crippen LogP contribution < -0.4 is 4.90 Å². The van der Waals surface area contributed by atoms with Crippen LogP contribution in [0.15, 0.2) is 57.8 Å². The van der Waals surface area contributed by atoms with Gasteiger partial charge in [0.2, 0.25) is 5.89 Å². The number of oxazole rings is 1. The third kappa shape index (κ3) is 2.06. The number of hydrogen-bond donors (Lipinski definition) is 0. The summed E-state index contributed by atoms with van der Waals surface area (Å²) in [5.74, 6) is 1.89. The predicted molar refractivity (Wildman–Crippen MR) is 82.2 cm³/mol. The summed E-state index contributed by atoms with van der Waals surface area (Å²) in [7, 11) is 0. The molecule has 0 unspecified atom stereocenters. The molecule has 1 aromatic heterocycles. The van der Waals surface area contributed by atoms with Gasteiger partial charge < -0.3 is 9.32 Å². The molecule has 0 radical (unpaired) electrons. The van der Waals surface area contributed by atoms with E-state index in [0.717, 1.165) is 35.8 Å². The van der Waals surface area contributed by atoms with Crippen LogP contribution in [0.2, 0.25) is 0 Å². The molecule has 20 heavy (non-hydrogen) atoms. The largest absolute Gasteiger partial charge is 0.439 e. The second-order valence-corrected chi connectivity index (χ2v) is 5.95. The van der Waals surface area contributed by atoms with E-state index in [1.54, 1.807) is 0 Å². The van der Waals surface area contributed by atoms with Crippen LogP contribution in [0.4, 0.5) is 5.69 Å². The molecule has 0 aliphatic carbocycles. The highest BCUT2D eigenvalue weighted by molar-refractivity contribution is 7.99. The molecule has 2 aromatic carbocycles. The van der Waals surface area contributed by atoms with Gasteiger partial charge in [-0.2, -0.15) is 0 Å². The summed E-state index contributed by atoms with van der Waals surface area (Å²) in [6.45, 7) is 1.76. The lowest BCUT2D eigenvalue weighted by atomic mass is 10.2. The maximum absolute atomic E-state index is 5.83. The second-order valence-electron chi connectivity index (χ2n) is 4.81. The number of fused-ring (bicyclic) bond motifs is 2. The van der Waals surface area contributed by atoms with Gasteiger partial charge in [0.1, 0.15) is 5.52 Å². The molecule has 4 heteroatoms. The zero-order valence-electron chi connectivity index (χ0n) is 11.0. The first-order valence-corrected chi connectivity index (χ1v) is 7.70. The van der Waals surface area contributed by atoms with Gasteiger partial charge in [-0.3, -0.25) is 0 Å². The van der Waals surface area contributed by atoms with Crippen molar-refractivity contribution in [3.8, 4) is 0 Å². The molecule has 0 spiro atoms. The molecule has 0 N–H and O–H groups in total. The smallest absolute Gasteiger partial charge is 0.215 e. The van der Waals surface area contributed by atoms with Crippen LogP contribution in [-0.2, 0) is 6.54 Å². The number of aromatic nitrogens is 1. The Morgan fingerprint density at radius 1 is 1.10 bits per heavy atom. The Labute approximate surface area is 121 Å². The van der Waals surface area contributed by atoms with Crippen molar-refractivity contribution < 1.29 is 4.42 Å². The first-order valence-electron chi connectivity index (χ1n) is 6.71. The van der Waals surface area contributed by atoms with Gasteiger partial charge in [0, 0.05) is 17.2 Å². The maximum Gasteiger partial charge on any atom is 0.215 e. The van der Waals surface area contributed by atoms with Gasteiger partial charge in [0.25, 0.3) is 0 Å². The van der Waals surface area contributed by atoms with E-state index in [-0.39, 0.29) is 0 Å². The van der Waals surface area contributed by atoms with Crippen molar-refractivity contribution in [1.29, 1.82) is 0 Å². The number of thioether (sulfide) groups is 1. The molecule has 0 saturated heterocycles. The molecule has 4 rings (SSSR count). The SMILES string of the molecule is c1ccc2c(c1)SCCN2Cc1nc2ccccc2o1. The fourth-order valence-corrected chi connectivity index (χ4v) is 3.59. The van der Waals surface area contributed by atoms with Gasteiger partial charge in [-0.15, -0.1) is 11.8 Å². The first kappa shape index (κ1) is 11.9. The van der Waals surface area contributed by atoms with Gasteiger partial charge in [-0.25, -0.2) is 4.98 Å². The van der Waals surface area contributed by atoms with E-state index >= 15 is 0 Å². The van der Waals surface area contributed by atoms with Crippen LogP contribution >= 0.6 is 11.8 Å². The summed E-state index contributed by atoms with van der Waals surface area (Å²) >= 11 is 1.92. The molecule has 3 nitrogen and oxygen atoms in total. The number of hydrogen-bond acceptors (Lipinski definition) is 4. The maximum atomic E-state index is 5.83. The van der Waals surface area contributed by atoms with Gasteiger partial charge in [-0.1, -0.05) is 24.3 Å². The molecule has 0 fully saturated rings. The average Bonchev–Trinajstić information content (AvgIpc) is 2.90. The number of anilines is 1. The van der Waals surface area contributed by atoms with Gasteiger partial charge in [-0.05, 0) is 24.3 Å². The summed E-state index contributed by atoms with van der Waals surface area (Å²) in [5.41, 5.74) is 3.08. The molecule has 100 valence electrons. The van der Waals surface area contributed by atoms with E-state index in [9.17, 15) is 0 Å². The van der Waals surface area contributed by atoms with Crippen molar-refractivity contribution in [2.24, 2.45) is 0 Å². The van der Waals surface area contributed by atoms with E-state index < -0.39 is 0 Å². The van der Waals surface area contributed by atoms with Crippen LogP contribution in [0.25, 0.3) is 11.1 Å². The quantitative estimate of drug-likeness (QED) is 0.712. The predicted octanol–water partition coefficient (Wildman–Crippen LogP) is 3.94. The second kappa shape index (κ2) is 4.87. The third-order valence-electron chi connectivity index (χ3n) is 3.49. The highest BCUT2D eigenvalue weighted by atomic mass is 32.2. The normalized spacial score (nSPS) is 14.5. The molecule has 2 heterocycles. The van der Waals surface area contributed by atoms with Crippen molar-refractivity contribution in [1.82, 2.24) is 4.98 Å². The Kier molecular flexibility index (Phi) is 2.89. The molecule has 3 aromatic rings. The molecule has 0 amide bonds. The number of benzene rings is 2. The topological polar surface area (TPSA) is 29.3 Å². The van der Waals surface area contributed by atoms with Gasteiger partial charge in [0.05, 0.1) is 12.2 Å². The standard InChI is InChI=1S/C16H14N2OS/c1-3-7-14-12(5-1)17-16(19-14)11-18-9-10-20-15-8-4-2-6-13(15)18/h1-8H,9-11H2. The summed E-state index contributed by atoms with van der Waals surface area (Å²) in [6.07, 6.45) is 0. The number of rotatable bonds is 2. The van der Waals surface area contributed by atoms with E-state index in [2.05, 4.69) is 34.1 Å². The van der Waals surface area contributed by atoms with Crippen LogP contribution in [0.3, 0.4) is 0 Å². The van der Waals surface area contributed by atoms with Crippen molar-refractivity contribution >= 4 is 28.5 Å². The third-order valence-corrected chi connectivity index (χ3v) is 4.53. The minimum absolute atomic E-state index is 0.728. The molecule has 1 aliphatic heterocycles.